The zero-order valence-corrected chi connectivity index (χ0v) is 17.8. The second-order valence-electron chi connectivity index (χ2n) is 7.27. The van der Waals surface area contributed by atoms with Crippen molar-refractivity contribution in [3.05, 3.63) is 46.1 Å². The molecule has 0 saturated carbocycles. The number of nitrogens with zero attached hydrogens (tertiary/aromatic N) is 4. The van der Waals surface area contributed by atoms with Crippen LogP contribution >= 0.6 is 11.6 Å². The van der Waals surface area contributed by atoms with E-state index in [1.54, 1.807) is 36.2 Å². The van der Waals surface area contributed by atoms with Crippen LogP contribution in [-0.4, -0.2) is 65.8 Å². The lowest BCUT2D eigenvalue weighted by atomic mass is 9.96. The van der Waals surface area contributed by atoms with Gasteiger partial charge in [-0.3, -0.25) is 14.5 Å². The molecule has 0 aromatic heterocycles. The van der Waals surface area contributed by atoms with Gasteiger partial charge in [0.1, 0.15) is 6.54 Å². The van der Waals surface area contributed by atoms with Gasteiger partial charge in [0.25, 0.3) is 5.91 Å². The van der Waals surface area contributed by atoms with E-state index in [0.717, 1.165) is 6.42 Å². The van der Waals surface area contributed by atoms with Crippen molar-refractivity contribution in [3.8, 4) is 6.07 Å². The van der Waals surface area contributed by atoms with Gasteiger partial charge in [0.15, 0.2) is 0 Å². The zero-order chi connectivity index (χ0) is 21.8. The molecule has 0 aliphatic carbocycles. The van der Waals surface area contributed by atoms with Crippen LogP contribution in [0.4, 0.5) is 4.79 Å². The first-order valence-electron chi connectivity index (χ1n) is 9.84. The number of benzene rings is 1. The number of likely N-dealkylation sites (N-methyl/N-ethyl adjacent to an activating group) is 1. The lowest BCUT2D eigenvalue weighted by Crippen LogP contribution is -2.45. The number of hydrogen-bond acceptors (Lipinski definition) is 4. The van der Waals surface area contributed by atoms with Crippen molar-refractivity contribution in [2.24, 2.45) is 0 Å². The normalized spacial score (nSPS) is 18.3. The van der Waals surface area contributed by atoms with Crippen molar-refractivity contribution in [1.82, 2.24) is 20.0 Å². The Labute approximate surface area is 180 Å². The number of rotatable bonds is 7. The van der Waals surface area contributed by atoms with Crippen molar-refractivity contribution >= 4 is 29.4 Å². The number of nitrogens with one attached hydrogen (secondary N) is 1. The monoisotopic (exact) mass is 429 g/mol. The molecule has 4 amide bonds. The summed E-state index contributed by atoms with van der Waals surface area (Å²) in [4.78, 5) is 43.0. The van der Waals surface area contributed by atoms with E-state index < -0.39 is 6.04 Å². The second kappa shape index (κ2) is 9.18. The highest BCUT2D eigenvalue weighted by Gasteiger charge is 2.44. The molecule has 9 heteroatoms. The molecule has 2 aliphatic rings. The van der Waals surface area contributed by atoms with Gasteiger partial charge in [0, 0.05) is 25.2 Å². The molecule has 1 aromatic rings. The fourth-order valence-corrected chi connectivity index (χ4v) is 4.02. The first-order valence-corrected chi connectivity index (χ1v) is 10.2. The van der Waals surface area contributed by atoms with Gasteiger partial charge in [-0.25, -0.2) is 4.79 Å². The Bertz CT molecular complexity index is 939. The Kier molecular flexibility index (Phi) is 6.63. The minimum Gasteiger partial charge on any atom is -0.340 e. The van der Waals surface area contributed by atoms with E-state index in [9.17, 15) is 14.4 Å². The highest BCUT2D eigenvalue weighted by atomic mass is 35.5. The first-order chi connectivity index (χ1) is 14.4. The van der Waals surface area contributed by atoms with Crippen LogP contribution in [0.5, 0.6) is 0 Å². The Morgan fingerprint density at radius 3 is 2.73 bits per heavy atom. The van der Waals surface area contributed by atoms with Crippen LogP contribution in [0.15, 0.2) is 35.5 Å². The minimum atomic E-state index is -0.671. The van der Waals surface area contributed by atoms with E-state index in [0.29, 0.717) is 34.9 Å². The van der Waals surface area contributed by atoms with Gasteiger partial charge in [-0.05, 0) is 18.1 Å². The summed E-state index contributed by atoms with van der Waals surface area (Å²) in [6.07, 6.45) is 1.000. The van der Waals surface area contributed by atoms with Crippen LogP contribution in [0.25, 0.3) is 0 Å². The third-order valence-electron chi connectivity index (χ3n) is 5.32. The standard InChI is InChI=1S/C21H24ClN5O3/c1-3-10-26(11-6-9-23)17(28)13-27-12-16-18(20(27)29)19(24-21(30)25(16)2)14-7-4-5-8-15(14)22/h4-5,7-8,19H,3,6,10-13H2,1-2H3,(H,24,30). The van der Waals surface area contributed by atoms with E-state index >= 15 is 0 Å². The molecule has 158 valence electrons. The molecular formula is C21H24ClN5O3. The summed E-state index contributed by atoms with van der Waals surface area (Å²) >= 11 is 6.33. The lowest BCUT2D eigenvalue weighted by Gasteiger charge is -2.31. The van der Waals surface area contributed by atoms with Crippen LogP contribution in [-0.2, 0) is 9.59 Å². The SMILES string of the molecule is CCCN(CCC#N)C(=O)CN1CC2=C(C1=O)C(c1ccccc1Cl)NC(=O)N2C. The maximum atomic E-state index is 13.2. The first kappa shape index (κ1) is 21.7. The Morgan fingerprint density at radius 2 is 2.07 bits per heavy atom. The highest BCUT2D eigenvalue weighted by Crippen LogP contribution is 2.37. The van der Waals surface area contributed by atoms with Crippen LogP contribution in [0.2, 0.25) is 5.02 Å². The molecule has 1 N–H and O–H groups in total. The number of carbonyl (C=O) groups excluding carboxylic acids is 3. The van der Waals surface area contributed by atoms with Gasteiger partial charge < -0.3 is 15.1 Å². The fourth-order valence-electron chi connectivity index (χ4n) is 3.77. The molecular weight excluding hydrogens is 406 g/mol. The summed E-state index contributed by atoms with van der Waals surface area (Å²) < 4.78 is 0. The van der Waals surface area contributed by atoms with Crippen molar-refractivity contribution in [2.45, 2.75) is 25.8 Å². The molecule has 0 fully saturated rings. The van der Waals surface area contributed by atoms with Gasteiger partial charge in [-0.2, -0.15) is 5.26 Å². The topological polar surface area (TPSA) is 96.7 Å². The van der Waals surface area contributed by atoms with Crippen molar-refractivity contribution in [1.29, 1.82) is 5.26 Å². The van der Waals surface area contributed by atoms with Crippen LogP contribution < -0.4 is 5.32 Å². The number of nitriles is 1. The molecule has 3 rings (SSSR count). The zero-order valence-electron chi connectivity index (χ0n) is 17.0. The molecule has 30 heavy (non-hydrogen) atoms. The number of carbonyl (C=O) groups is 3. The smallest absolute Gasteiger partial charge is 0.322 e. The lowest BCUT2D eigenvalue weighted by molar-refractivity contribution is -0.137. The van der Waals surface area contributed by atoms with Crippen molar-refractivity contribution in [2.75, 3.05) is 33.2 Å². The quantitative estimate of drug-likeness (QED) is 0.719. The fraction of sp³-hybridized carbons (Fsp3) is 0.429. The summed E-state index contributed by atoms with van der Waals surface area (Å²) in [6, 6.07) is 8.10. The van der Waals surface area contributed by atoms with Gasteiger partial charge in [-0.1, -0.05) is 36.7 Å². The minimum absolute atomic E-state index is 0.103. The number of amides is 4. The predicted octanol–water partition coefficient (Wildman–Crippen LogP) is 2.28. The Balaban J connectivity index is 1.84. The number of hydrogen-bond donors (Lipinski definition) is 1. The van der Waals surface area contributed by atoms with E-state index in [-0.39, 0.29) is 37.4 Å². The average molecular weight is 430 g/mol. The predicted molar refractivity (Wildman–Crippen MR) is 111 cm³/mol. The van der Waals surface area contributed by atoms with E-state index in [2.05, 4.69) is 5.32 Å². The molecule has 0 saturated heterocycles. The van der Waals surface area contributed by atoms with Gasteiger partial charge in [-0.15, -0.1) is 0 Å². The van der Waals surface area contributed by atoms with Gasteiger partial charge in [0.2, 0.25) is 5.91 Å². The second-order valence-corrected chi connectivity index (χ2v) is 7.68. The Morgan fingerprint density at radius 1 is 1.33 bits per heavy atom. The molecule has 1 atom stereocenters. The number of urea groups is 1. The van der Waals surface area contributed by atoms with Gasteiger partial charge >= 0.3 is 6.03 Å². The third kappa shape index (κ3) is 4.12. The third-order valence-corrected chi connectivity index (χ3v) is 5.66. The summed E-state index contributed by atoms with van der Waals surface area (Å²) in [6.45, 7) is 2.88. The maximum absolute atomic E-state index is 13.2. The molecule has 0 radical (unpaired) electrons. The summed E-state index contributed by atoms with van der Waals surface area (Å²) in [5, 5.41) is 12.1. The van der Waals surface area contributed by atoms with Crippen LogP contribution in [0.1, 0.15) is 31.4 Å². The van der Waals surface area contributed by atoms with E-state index in [4.69, 9.17) is 16.9 Å². The van der Waals surface area contributed by atoms with E-state index in [1.165, 1.54) is 9.80 Å². The van der Waals surface area contributed by atoms with Gasteiger partial charge in [0.05, 0.1) is 36.3 Å². The maximum Gasteiger partial charge on any atom is 0.322 e. The van der Waals surface area contributed by atoms with Crippen LogP contribution in [0, 0.1) is 11.3 Å². The summed E-state index contributed by atoms with van der Waals surface area (Å²) in [5.74, 6) is -0.511. The average Bonchev–Trinajstić information content (AvgIpc) is 3.05. The molecule has 0 bridgehead atoms. The summed E-state index contributed by atoms with van der Waals surface area (Å²) in [7, 11) is 1.60. The molecule has 1 aromatic carbocycles. The summed E-state index contributed by atoms with van der Waals surface area (Å²) in [5.41, 5.74) is 1.63. The number of halogens is 1. The van der Waals surface area contributed by atoms with E-state index in [1.807, 2.05) is 13.0 Å². The molecule has 8 nitrogen and oxygen atoms in total. The van der Waals surface area contributed by atoms with Crippen LogP contribution in [0.3, 0.4) is 0 Å². The Hall–Kier alpha value is -3.05. The van der Waals surface area contributed by atoms with Crippen molar-refractivity contribution in [3.63, 3.8) is 0 Å². The largest absolute Gasteiger partial charge is 0.340 e. The molecule has 2 heterocycles. The van der Waals surface area contributed by atoms with Crippen molar-refractivity contribution < 1.29 is 14.4 Å². The molecule has 2 aliphatic heterocycles. The molecule has 1 unspecified atom stereocenters. The highest BCUT2D eigenvalue weighted by molar-refractivity contribution is 6.31. The molecule has 0 spiro atoms.